The maximum atomic E-state index is 12.4. The summed E-state index contributed by atoms with van der Waals surface area (Å²) in [4.78, 5) is 22.7. The molecule has 6 heteroatoms. The Bertz CT molecular complexity index is 738. The average Bonchev–Trinajstić information content (AvgIpc) is 2.48. The van der Waals surface area contributed by atoms with Gasteiger partial charge in [-0.2, -0.15) is 5.26 Å². The van der Waals surface area contributed by atoms with Crippen molar-refractivity contribution in [1.82, 2.24) is 0 Å². The van der Waals surface area contributed by atoms with E-state index < -0.39 is 16.6 Å². The zero-order valence-corrected chi connectivity index (χ0v) is 12.3. The summed E-state index contributed by atoms with van der Waals surface area (Å²) in [6.45, 7) is 0. The molecule has 2 aromatic rings. The van der Waals surface area contributed by atoms with E-state index in [2.05, 4.69) is 15.9 Å². The van der Waals surface area contributed by atoms with Gasteiger partial charge in [0.15, 0.2) is 5.78 Å². The fourth-order valence-electron chi connectivity index (χ4n) is 1.92. The first-order valence-electron chi connectivity index (χ1n) is 5.96. The van der Waals surface area contributed by atoms with Crippen molar-refractivity contribution < 1.29 is 9.72 Å². The zero-order valence-electron chi connectivity index (χ0n) is 10.7. The van der Waals surface area contributed by atoms with E-state index in [-0.39, 0.29) is 11.3 Å². The van der Waals surface area contributed by atoms with Crippen LogP contribution in [0.4, 0.5) is 5.69 Å². The number of nitrogens with zero attached hydrogens (tertiary/aromatic N) is 2. The monoisotopic (exact) mass is 344 g/mol. The van der Waals surface area contributed by atoms with Gasteiger partial charge in [0, 0.05) is 22.2 Å². The van der Waals surface area contributed by atoms with Crippen molar-refractivity contribution in [1.29, 1.82) is 5.26 Å². The summed E-state index contributed by atoms with van der Waals surface area (Å²) in [7, 11) is 0. The van der Waals surface area contributed by atoms with Crippen molar-refractivity contribution >= 4 is 27.4 Å². The quantitative estimate of drug-likeness (QED) is 0.479. The molecule has 0 aliphatic rings. The standard InChI is InChI=1S/C15H9BrN2O3/c16-12-6-11(7-13(8-12)18(20)21)15(19)14(9-17)10-4-2-1-3-5-10/h1-8,14H. The largest absolute Gasteiger partial charge is 0.292 e. The van der Waals surface area contributed by atoms with E-state index >= 15 is 0 Å². The van der Waals surface area contributed by atoms with Crippen LogP contribution in [0.2, 0.25) is 0 Å². The Labute approximate surface area is 129 Å². The molecule has 2 aromatic carbocycles. The van der Waals surface area contributed by atoms with E-state index in [1.807, 2.05) is 6.07 Å². The Morgan fingerprint density at radius 3 is 2.48 bits per heavy atom. The molecule has 0 aliphatic heterocycles. The summed E-state index contributed by atoms with van der Waals surface area (Å²) in [6, 6.07) is 14.5. The van der Waals surface area contributed by atoms with Crippen LogP contribution < -0.4 is 0 Å². The first-order chi connectivity index (χ1) is 10.0. The Morgan fingerprint density at radius 2 is 1.90 bits per heavy atom. The lowest BCUT2D eigenvalue weighted by Gasteiger charge is -2.09. The number of hydrogen-bond acceptors (Lipinski definition) is 4. The van der Waals surface area contributed by atoms with Crippen LogP contribution in [0.15, 0.2) is 53.0 Å². The number of nitro groups is 1. The third kappa shape index (κ3) is 3.33. The van der Waals surface area contributed by atoms with Gasteiger partial charge in [-0.25, -0.2) is 0 Å². The van der Waals surface area contributed by atoms with Crippen molar-refractivity contribution in [3.05, 3.63) is 74.2 Å². The van der Waals surface area contributed by atoms with Crippen LogP contribution in [0.25, 0.3) is 0 Å². The van der Waals surface area contributed by atoms with Crippen molar-refractivity contribution in [3.8, 4) is 6.07 Å². The van der Waals surface area contributed by atoms with Crippen LogP contribution in [0, 0.1) is 21.4 Å². The molecule has 0 N–H and O–H groups in total. The van der Waals surface area contributed by atoms with Gasteiger partial charge in [0.05, 0.1) is 11.0 Å². The molecule has 0 aliphatic carbocycles. The fourth-order valence-corrected chi connectivity index (χ4v) is 2.40. The first-order valence-corrected chi connectivity index (χ1v) is 6.76. The first kappa shape index (κ1) is 14.9. The second-order valence-electron chi connectivity index (χ2n) is 4.29. The van der Waals surface area contributed by atoms with Gasteiger partial charge in [0.2, 0.25) is 0 Å². The van der Waals surface area contributed by atoms with E-state index in [0.29, 0.717) is 10.0 Å². The molecule has 1 unspecified atom stereocenters. The third-order valence-corrected chi connectivity index (χ3v) is 3.36. The second kappa shape index (κ2) is 6.29. The second-order valence-corrected chi connectivity index (χ2v) is 5.21. The topological polar surface area (TPSA) is 84.0 Å². The Hall–Kier alpha value is -2.52. The van der Waals surface area contributed by atoms with Gasteiger partial charge in [0.25, 0.3) is 5.69 Å². The molecule has 0 saturated carbocycles. The number of carbonyl (C=O) groups is 1. The SMILES string of the molecule is N#CC(C(=O)c1cc(Br)cc([N+](=O)[O-])c1)c1ccccc1. The van der Waals surface area contributed by atoms with Gasteiger partial charge in [-0.1, -0.05) is 46.3 Å². The maximum absolute atomic E-state index is 12.4. The number of nitro benzene ring substituents is 1. The van der Waals surface area contributed by atoms with Gasteiger partial charge < -0.3 is 0 Å². The lowest BCUT2D eigenvalue weighted by Crippen LogP contribution is -2.11. The normalized spacial score (nSPS) is 11.4. The highest BCUT2D eigenvalue weighted by atomic mass is 79.9. The highest BCUT2D eigenvalue weighted by molar-refractivity contribution is 9.10. The minimum Gasteiger partial charge on any atom is -0.292 e. The number of halogens is 1. The molecule has 0 spiro atoms. The van der Waals surface area contributed by atoms with Gasteiger partial charge in [-0.05, 0) is 11.6 Å². The molecule has 0 radical (unpaired) electrons. The molecule has 0 amide bonds. The lowest BCUT2D eigenvalue weighted by atomic mass is 9.92. The fraction of sp³-hybridized carbons (Fsp3) is 0.0667. The molecule has 104 valence electrons. The number of Topliss-reactive ketones (excluding diaryl/α,β-unsaturated/α-hetero) is 1. The van der Waals surface area contributed by atoms with Crippen LogP contribution >= 0.6 is 15.9 Å². The zero-order chi connectivity index (χ0) is 15.4. The van der Waals surface area contributed by atoms with E-state index in [4.69, 9.17) is 0 Å². The highest BCUT2D eigenvalue weighted by Gasteiger charge is 2.23. The molecule has 0 saturated heterocycles. The predicted octanol–water partition coefficient (Wildman–Crippen LogP) is 3.85. The summed E-state index contributed by atoms with van der Waals surface area (Å²) in [5, 5.41) is 20.1. The Balaban J connectivity index is 2.44. The van der Waals surface area contributed by atoms with Crippen molar-refractivity contribution in [2.75, 3.05) is 0 Å². The molecule has 5 nitrogen and oxygen atoms in total. The molecular formula is C15H9BrN2O3. The molecule has 21 heavy (non-hydrogen) atoms. The van der Waals surface area contributed by atoms with Gasteiger partial charge in [0.1, 0.15) is 5.92 Å². The van der Waals surface area contributed by atoms with E-state index in [9.17, 15) is 20.2 Å². The van der Waals surface area contributed by atoms with Gasteiger partial charge >= 0.3 is 0 Å². The van der Waals surface area contributed by atoms with Crippen molar-refractivity contribution in [3.63, 3.8) is 0 Å². The molecule has 0 bridgehead atoms. The van der Waals surface area contributed by atoms with Crippen molar-refractivity contribution in [2.24, 2.45) is 0 Å². The molecular weight excluding hydrogens is 336 g/mol. The molecule has 0 fully saturated rings. The molecule has 0 aromatic heterocycles. The van der Waals surface area contributed by atoms with Crippen LogP contribution in [0.3, 0.4) is 0 Å². The summed E-state index contributed by atoms with van der Waals surface area (Å²) in [5.41, 5.74) is 0.497. The minimum absolute atomic E-state index is 0.131. The smallest absolute Gasteiger partial charge is 0.271 e. The average molecular weight is 345 g/mol. The number of non-ortho nitro benzene ring substituents is 1. The maximum Gasteiger partial charge on any atom is 0.271 e. The van der Waals surface area contributed by atoms with Gasteiger partial charge in [-0.3, -0.25) is 14.9 Å². The minimum atomic E-state index is -0.986. The molecule has 2 rings (SSSR count). The highest BCUT2D eigenvalue weighted by Crippen LogP contribution is 2.26. The van der Waals surface area contributed by atoms with Gasteiger partial charge in [-0.15, -0.1) is 0 Å². The Kier molecular flexibility index (Phi) is 4.45. The number of carbonyl (C=O) groups excluding carboxylic acids is 1. The van der Waals surface area contributed by atoms with Crippen LogP contribution in [-0.4, -0.2) is 10.7 Å². The Morgan fingerprint density at radius 1 is 1.24 bits per heavy atom. The number of nitriles is 1. The summed E-state index contributed by atoms with van der Waals surface area (Å²) >= 11 is 3.14. The molecule has 1 atom stereocenters. The molecule has 0 heterocycles. The van der Waals surface area contributed by atoms with Crippen LogP contribution in [0.1, 0.15) is 21.8 Å². The third-order valence-electron chi connectivity index (χ3n) is 2.90. The summed E-state index contributed by atoms with van der Waals surface area (Å²) < 4.78 is 0.421. The van der Waals surface area contributed by atoms with Crippen LogP contribution in [0.5, 0.6) is 0 Å². The van der Waals surface area contributed by atoms with Crippen LogP contribution in [-0.2, 0) is 0 Å². The van der Waals surface area contributed by atoms with E-state index in [1.165, 1.54) is 18.2 Å². The predicted molar refractivity (Wildman–Crippen MR) is 79.9 cm³/mol. The lowest BCUT2D eigenvalue weighted by molar-refractivity contribution is -0.385. The summed E-state index contributed by atoms with van der Waals surface area (Å²) in [5.74, 6) is -1.45. The number of rotatable bonds is 4. The number of benzene rings is 2. The van der Waals surface area contributed by atoms with E-state index in [1.54, 1.807) is 30.3 Å². The number of ketones is 1. The number of hydrogen-bond donors (Lipinski definition) is 0. The van der Waals surface area contributed by atoms with Crippen molar-refractivity contribution in [2.45, 2.75) is 5.92 Å². The summed E-state index contributed by atoms with van der Waals surface area (Å²) in [6.07, 6.45) is 0. The van der Waals surface area contributed by atoms with E-state index in [0.717, 1.165) is 0 Å².